The first-order valence-corrected chi connectivity index (χ1v) is 6.72. The van der Waals surface area contributed by atoms with Crippen LogP contribution < -0.4 is 0 Å². The molecule has 2 aromatic rings. The van der Waals surface area contributed by atoms with E-state index < -0.39 is 0 Å². The van der Waals surface area contributed by atoms with Crippen molar-refractivity contribution < 1.29 is 9.50 Å². The number of hydrogen-bond acceptors (Lipinski definition) is 1. The van der Waals surface area contributed by atoms with Crippen molar-refractivity contribution in [3.05, 3.63) is 64.5 Å². The lowest BCUT2D eigenvalue weighted by Crippen LogP contribution is -1.97. The molecular formula is C17H19FO. The molecule has 1 nitrogen and oxygen atoms in total. The third-order valence-electron chi connectivity index (χ3n) is 3.51. The average Bonchev–Trinajstić information content (AvgIpc) is 2.43. The van der Waals surface area contributed by atoms with Crippen molar-refractivity contribution in [3.8, 4) is 5.75 Å². The van der Waals surface area contributed by atoms with Gasteiger partial charge in [-0.2, -0.15) is 0 Å². The number of phenolic OH excluding ortho intramolecular Hbond substituents is 1. The van der Waals surface area contributed by atoms with Crippen LogP contribution in [0.3, 0.4) is 0 Å². The zero-order chi connectivity index (χ0) is 13.8. The van der Waals surface area contributed by atoms with Crippen LogP contribution in [-0.2, 0) is 19.3 Å². The Labute approximate surface area is 113 Å². The van der Waals surface area contributed by atoms with Gasteiger partial charge in [0.25, 0.3) is 0 Å². The summed E-state index contributed by atoms with van der Waals surface area (Å²) in [4.78, 5) is 0. The molecule has 0 fully saturated rings. The maximum absolute atomic E-state index is 12.9. The number of halogens is 1. The standard InChI is InChI=1S/C17H19FO/c1-3-13-7-8-14(17(19)16(13)4-2)11-12-5-9-15(18)10-6-12/h5-10,19H,3-4,11H2,1-2H3. The zero-order valence-corrected chi connectivity index (χ0v) is 11.4. The predicted octanol–water partition coefficient (Wildman–Crippen LogP) is 4.25. The van der Waals surface area contributed by atoms with Crippen LogP contribution in [0.25, 0.3) is 0 Å². The van der Waals surface area contributed by atoms with Crippen LogP contribution in [0.4, 0.5) is 4.39 Å². The molecule has 0 bridgehead atoms. The number of hydrogen-bond donors (Lipinski definition) is 1. The lowest BCUT2D eigenvalue weighted by atomic mass is 9.95. The fourth-order valence-electron chi connectivity index (χ4n) is 2.42. The van der Waals surface area contributed by atoms with E-state index in [-0.39, 0.29) is 5.82 Å². The molecule has 0 amide bonds. The van der Waals surface area contributed by atoms with Crippen molar-refractivity contribution in [3.63, 3.8) is 0 Å². The topological polar surface area (TPSA) is 20.2 Å². The second-order valence-corrected chi connectivity index (χ2v) is 4.72. The van der Waals surface area contributed by atoms with Gasteiger partial charge in [0.1, 0.15) is 11.6 Å². The molecule has 1 N–H and O–H groups in total. The van der Waals surface area contributed by atoms with Crippen molar-refractivity contribution >= 4 is 0 Å². The van der Waals surface area contributed by atoms with Gasteiger partial charge in [0, 0.05) is 6.42 Å². The monoisotopic (exact) mass is 258 g/mol. The lowest BCUT2D eigenvalue weighted by molar-refractivity contribution is 0.462. The summed E-state index contributed by atoms with van der Waals surface area (Å²) in [5, 5.41) is 10.3. The van der Waals surface area contributed by atoms with E-state index in [4.69, 9.17) is 0 Å². The highest BCUT2D eigenvalue weighted by atomic mass is 19.1. The van der Waals surface area contributed by atoms with Gasteiger partial charge in [0.15, 0.2) is 0 Å². The van der Waals surface area contributed by atoms with E-state index in [0.717, 1.165) is 29.5 Å². The molecule has 19 heavy (non-hydrogen) atoms. The number of phenols is 1. The quantitative estimate of drug-likeness (QED) is 0.869. The van der Waals surface area contributed by atoms with Crippen molar-refractivity contribution in [2.24, 2.45) is 0 Å². The molecule has 0 saturated heterocycles. The van der Waals surface area contributed by atoms with Crippen LogP contribution in [0.5, 0.6) is 5.75 Å². The molecule has 0 saturated carbocycles. The molecule has 0 radical (unpaired) electrons. The highest BCUT2D eigenvalue weighted by molar-refractivity contribution is 5.47. The summed E-state index contributed by atoms with van der Waals surface area (Å²) < 4.78 is 12.9. The molecule has 0 unspecified atom stereocenters. The SMILES string of the molecule is CCc1ccc(Cc2ccc(F)cc2)c(O)c1CC. The van der Waals surface area contributed by atoms with Crippen LogP contribution in [0.15, 0.2) is 36.4 Å². The van der Waals surface area contributed by atoms with E-state index in [2.05, 4.69) is 19.9 Å². The first-order valence-electron chi connectivity index (χ1n) is 6.72. The summed E-state index contributed by atoms with van der Waals surface area (Å²) in [5.41, 5.74) is 4.13. The summed E-state index contributed by atoms with van der Waals surface area (Å²) >= 11 is 0. The van der Waals surface area contributed by atoms with E-state index in [1.54, 1.807) is 12.1 Å². The van der Waals surface area contributed by atoms with Crippen LogP contribution in [0.1, 0.15) is 36.1 Å². The predicted molar refractivity (Wildman–Crippen MR) is 76.1 cm³/mol. The van der Waals surface area contributed by atoms with Crippen LogP contribution in [-0.4, -0.2) is 5.11 Å². The van der Waals surface area contributed by atoms with Crippen molar-refractivity contribution in [1.82, 2.24) is 0 Å². The van der Waals surface area contributed by atoms with E-state index >= 15 is 0 Å². The fraction of sp³-hybridized carbons (Fsp3) is 0.294. The third kappa shape index (κ3) is 2.95. The van der Waals surface area contributed by atoms with Gasteiger partial charge in [-0.15, -0.1) is 0 Å². The van der Waals surface area contributed by atoms with Gasteiger partial charge in [-0.25, -0.2) is 4.39 Å². The molecule has 0 aromatic heterocycles. The van der Waals surface area contributed by atoms with Gasteiger partial charge in [0.05, 0.1) is 0 Å². The second-order valence-electron chi connectivity index (χ2n) is 4.72. The summed E-state index contributed by atoms with van der Waals surface area (Å²) in [5.74, 6) is 0.162. The van der Waals surface area contributed by atoms with Crippen molar-refractivity contribution in [1.29, 1.82) is 0 Å². The Morgan fingerprint density at radius 3 is 2.11 bits per heavy atom. The summed E-state index contributed by atoms with van der Waals surface area (Å²) in [6, 6.07) is 10.5. The smallest absolute Gasteiger partial charge is 0.123 e. The fourth-order valence-corrected chi connectivity index (χ4v) is 2.42. The maximum Gasteiger partial charge on any atom is 0.123 e. The Bertz CT molecular complexity index is 558. The van der Waals surface area contributed by atoms with E-state index in [0.29, 0.717) is 12.2 Å². The lowest BCUT2D eigenvalue weighted by Gasteiger charge is -2.13. The molecule has 0 heterocycles. The molecule has 0 atom stereocenters. The average molecular weight is 258 g/mol. The summed E-state index contributed by atoms with van der Waals surface area (Å²) in [7, 11) is 0. The molecule has 0 aliphatic carbocycles. The first kappa shape index (κ1) is 13.6. The minimum absolute atomic E-state index is 0.233. The minimum Gasteiger partial charge on any atom is -0.507 e. The largest absolute Gasteiger partial charge is 0.507 e. The number of aryl methyl sites for hydroxylation is 1. The molecule has 2 heteroatoms. The van der Waals surface area contributed by atoms with Crippen LogP contribution in [0.2, 0.25) is 0 Å². The minimum atomic E-state index is -0.233. The van der Waals surface area contributed by atoms with Crippen LogP contribution >= 0.6 is 0 Å². The van der Waals surface area contributed by atoms with Crippen LogP contribution in [0, 0.1) is 5.82 Å². The molecular weight excluding hydrogens is 239 g/mol. The molecule has 100 valence electrons. The zero-order valence-electron chi connectivity index (χ0n) is 11.4. The summed E-state index contributed by atoms with van der Waals surface area (Å²) in [6.07, 6.45) is 2.38. The highest BCUT2D eigenvalue weighted by Gasteiger charge is 2.10. The van der Waals surface area contributed by atoms with Gasteiger partial charge in [-0.05, 0) is 47.2 Å². The first-order chi connectivity index (χ1) is 9.15. The maximum atomic E-state index is 12.9. The van der Waals surface area contributed by atoms with Gasteiger partial charge in [-0.3, -0.25) is 0 Å². The van der Waals surface area contributed by atoms with Crippen molar-refractivity contribution in [2.75, 3.05) is 0 Å². The molecule has 2 rings (SSSR count). The van der Waals surface area contributed by atoms with Gasteiger partial charge in [0.2, 0.25) is 0 Å². The van der Waals surface area contributed by atoms with E-state index in [9.17, 15) is 9.50 Å². The number of rotatable bonds is 4. The second kappa shape index (κ2) is 5.87. The normalized spacial score (nSPS) is 10.7. The van der Waals surface area contributed by atoms with E-state index in [1.807, 2.05) is 6.07 Å². The molecule has 0 aliphatic heterocycles. The van der Waals surface area contributed by atoms with Gasteiger partial charge < -0.3 is 5.11 Å². The Morgan fingerprint density at radius 1 is 0.895 bits per heavy atom. The Morgan fingerprint density at radius 2 is 1.53 bits per heavy atom. The Hall–Kier alpha value is -1.83. The van der Waals surface area contributed by atoms with E-state index in [1.165, 1.54) is 17.7 Å². The number of benzene rings is 2. The van der Waals surface area contributed by atoms with Crippen molar-refractivity contribution in [2.45, 2.75) is 33.1 Å². The van der Waals surface area contributed by atoms with Gasteiger partial charge in [-0.1, -0.05) is 38.1 Å². The number of aromatic hydroxyl groups is 1. The molecule has 2 aromatic carbocycles. The molecule has 0 spiro atoms. The third-order valence-corrected chi connectivity index (χ3v) is 3.51. The highest BCUT2D eigenvalue weighted by Crippen LogP contribution is 2.29. The van der Waals surface area contributed by atoms with Gasteiger partial charge >= 0.3 is 0 Å². The summed E-state index contributed by atoms with van der Waals surface area (Å²) in [6.45, 7) is 4.14. The molecule has 0 aliphatic rings. The Balaban J connectivity index is 2.33. The Kier molecular flexibility index (Phi) is 4.20.